The molecule has 0 aromatic heterocycles. The Morgan fingerprint density at radius 2 is 1.95 bits per heavy atom. The van der Waals surface area contributed by atoms with Gasteiger partial charge in [0.2, 0.25) is 8.32 Å². The molecule has 0 saturated carbocycles. The zero-order chi connectivity index (χ0) is 14.8. The summed E-state index contributed by atoms with van der Waals surface area (Å²) < 4.78 is 11.4. The Kier molecular flexibility index (Phi) is 4.71. The summed E-state index contributed by atoms with van der Waals surface area (Å²) in [5.74, 6) is 1.02. The van der Waals surface area contributed by atoms with Crippen LogP contribution in [0.5, 0.6) is 0 Å². The molecule has 1 aliphatic rings. The number of rotatable bonds is 2. The molecule has 1 aliphatic heterocycles. The molecule has 19 heavy (non-hydrogen) atoms. The minimum absolute atomic E-state index is 0.117. The maximum atomic E-state index is 12.1. The quantitative estimate of drug-likeness (QED) is 0.725. The lowest BCUT2D eigenvalue weighted by Gasteiger charge is -2.35. The van der Waals surface area contributed by atoms with E-state index in [0.29, 0.717) is 6.54 Å². The second kappa shape index (κ2) is 5.57. The van der Waals surface area contributed by atoms with Crippen LogP contribution < -0.4 is 0 Å². The van der Waals surface area contributed by atoms with Gasteiger partial charge in [0.15, 0.2) is 0 Å². The first-order chi connectivity index (χ1) is 8.48. The number of carbonyl (C=O) groups excluding carboxylic acids is 1. The van der Waals surface area contributed by atoms with Crippen LogP contribution in [0.25, 0.3) is 0 Å². The van der Waals surface area contributed by atoms with Crippen molar-refractivity contribution in [3.8, 4) is 0 Å². The zero-order valence-electron chi connectivity index (χ0n) is 13.2. The van der Waals surface area contributed by atoms with Gasteiger partial charge < -0.3 is 14.1 Å². The fraction of sp³-hybridized carbons (Fsp3) is 0.786. The Balaban J connectivity index is 2.65. The standard InChI is InChI=1S/C14H27NO3Si/c1-11-10-12(18-19(5,6)7)8-9-15(11)13(16)17-14(2,3)4/h8,11H,9-10H2,1-7H3. The third-order valence-corrected chi connectivity index (χ3v) is 3.48. The third-order valence-electron chi connectivity index (χ3n) is 2.61. The fourth-order valence-corrected chi connectivity index (χ4v) is 2.87. The van der Waals surface area contributed by atoms with Crippen LogP contribution in [0.4, 0.5) is 4.79 Å². The van der Waals surface area contributed by atoms with Crippen LogP contribution in [0.3, 0.4) is 0 Å². The Hall–Kier alpha value is -0.973. The molecule has 110 valence electrons. The minimum atomic E-state index is -1.56. The molecule has 1 heterocycles. The summed E-state index contributed by atoms with van der Waals surface area (Å²) in [6.45, 7) is 14.7. The van der Waals surface area contributed by atoms with Gasteiger partial charge in [-0.2, -0.15) is 0 Å². The largest absolute Gasteiger partial charge is 0.547 e. The van der Waals surface area contributed by atoms with Gasteiger partial charge in [0.1, 0.15) is 5.60 Å². The van der Waals surface area contributed by atoms with Crippen molar-refractivity contribution >= 4 is 14.4 Å². The molecule has 5 heteroatoms. The Labute approximate surface area is 117 Å². The van der Waals surface area contributed by atoms with E-state index >= 15 is 0 Å². The summed E-state index contributed by atoms with van der Waals surface area (Å²) in [6.07, 6.45) is 2.52. The number of amides is 1. The molecule has 1 unspecified atom stereocenters. The first-order valence-electron chi connectivity index (χ1n) is 6.85. The SMILES string of the molecule is CC1CC(O[Si](C)(C)C)=CCN1C(=O)OC(C)(C)C. The van der Waals surface area contributed by atoms with E-state index in [-0.39, 0.29) is 12.1 Å². The molecule has 1 rings (SSSR count). The minimum Gasteiger partial charge on any atom is -0.547 e. The number of carbonyl (C=O) groups is 1. The van der Waals surface area contributed by atoms with Crippen molar-refractivity contribution in [3.63, 3.8) is 0 Å². The summed E-state index contributed by atoms with van der Waals surface area (Å²) >= 11 is 0. The van der Waals surface area contributed by atoms with E-state index < -0.39 is 13.9 Å². The maximum absolute atomic E-state index is 12.1. The fourth-order valence-electron chi connectivity index (χ4n) is 1.92. The first kappa shape index (κ1) is 16.1. The highest BCUT2D eigenvalue weighted by Gasteiger charge is 2.30. The third kappa shape index (κ3) is 5.68. The molecular formula is C14H27NO3Si. The Morgan fingerprint density at radius 1 is 1.37 bits per heavy atom. The highest BCUT2D eigenvalue weighted by atomic mass is 28.4. The monoisotopic (exact) mass is 285 g/mol. The van der Waals surface area contributed by atoms with Crippen LogP contribution in [-0.2, 0) is 9.16 Å². The predicted molar refractivity (Wildman–Crippen MR) is 79.5 cm³/mol. The van der Waals surface area contributed by atoms with Crippen LogP contribution in [0.1, 0.15) is 34.1 Å². The lowest BCUT2D eigenvalue weighted by Crippen LogP contribution is -2.45. The Bertz CT molecular complexity index is 366. The lowest BCUT2D eigenvalue weighted by molar-refractivity contribution is 0.0179. The normalized spacial score (nSPS) is 20.9. The summed E-state index contributed by atoms with van der Waals surface area (Å²) in [5.41, 5.74) is -0.449. The topological polar surface area (TPSA) is 38.8 Å². The number of ether oxygens (including phenoxy) is 1. The van der Waals surface area contributed by atoms with Gasteiger partial charge in [-0.25, -0.2) is 4.79 Å². The molecule has 0 spiro atoms. The van der Waals surface area contributed by atoms with Crippen molar-refractivity contribution < 1.29 is 14.0 Å². The van der Waals surface area contributed by atoms with Crippen LogP contribution in [0.2, 0.25) is 19.6 Å². The average molecular weight is 285 g/mol. The molecule has 0 aliphatic carbocycles. The van der Waals surface area contributed by atoms with Gasteiger partial charge >= 0.3 is 6.09 Å². The molecule has 0 radical (unpaired) electrons. The molecule has 0 saturated heterocycles. The molecule has 1 atom stereocenters. The molecule has 0 N–H and O–H groups in total. The van der Waals surface area contributed by atoms with E-state index in [2.05, 4.69) is 19.6 Å². The van der Waals surface area contributed by atoms with Crippen molar-refractivity contribution in [2.75, 3.05) is 6.54 Å². The predicted octanol–water partition coefficient (Wildman–Crippen LogP) is 3.75. The van der Waals surface area contributed by atoms with Gasteiger partial charge in [0, 0.05) is 19.0 Å². The summed E-state index contributed by atoms with van der Waals surface area (Å²) in [4.78, 5) is 13.8. The average Bonchev–Trinajstić information content (AvgIpc) is 2.11. The van der Waals surface area contributed by atoms with Crippen LogP contribution in [0, 0.1) is 0 Å². The molecule has 0 fully saturated rings. The van der Waals surface area contributed by atoms with E-state index in [4.69, 9.17) is 9.16 Å². The van der Waals surface area contributed by atoms with Crippen molar-refractivity contribution in [2.45, 2.75) is 65.4 Å². The summed E-state index contributed by atoms with van der Waals surface area (Å²) in [6, 6.07) is 0.117. The van der Waals surface area contributed by atoms with Gasteiger partial charge in [-0.1, -0.05) is 0 Å². The Morgan fingerprint density at radius 3 is 2.37 bits per heavy atom. The van der Waals surface area contributed by atoms with Crippen LogP contribution in [-0.4, -0.2) is 37.5 Å². The van der Waals surface area contributed by atoms with Gasteiger partial charge in [-0.05, 0) is 53.4 Å². The highest BCUT2D eigenvalue weighted by molar-refractivity contribution is 6.70. The first-order valence-corrected chi connectivity index (χ1v) is 10.3. The smallest absolute Gasteiger partial charge is 0.410 e. The second-order valence-corrected chi connectivity index (χ2v) is 11.5. The van der Waals surface area contributed by atoms with E-state index in [1.807, 2.05) is 33.8 Å². The molecule has 0 aromatic rings. The zero-order valence-corrected chi connectivity index (χ0v) is 14.2. The van der Waals surface area contributed by atoms with E-state index in [1.54, 1.807) is 4.90 Å². The van der Waals surface area contributed by atoms with E-state index in [1.165, 1.54) is 0 Å². The van der Waals surface area contributed by atoms with Crippen molar-refractivity contribution in [1.82, 2.24) is 4.90 Å². The number of hydrogen-bond acceptors (Lipinski definition) is 3. The second-order valence-electron chi connectivity index (χ2n) is 7.07. The van der Waals surface area contributed by atoms with Gasteiger partial charge in [-0.15, -0.1) is 0 Å². The summed E-state index contributed by atoms with van der Waals surface area (Å²) in [5, 5.41) is 0. The van der Waals surface area contributed by atoms with E-state index in [0.717, 1.165) is 12.2 Å². The van der Waals surface area contributed by atoms with Crippen LogP contribution in [0.15, 0.2) is 11.8 Å². The number of hydrogen-bond donors (Lipinski definition) is 0. The van der Waals surface area contributed by atoms with Crippen LogP contribution >= 0.6 is 0 Å². The molecular weight excluding hydrogens is 258 g/mol. The number of nitrogens with zero attached hydrogens (tertiary/aromatic N) is 1. The highest BCUT2D eigenvalue weighted by Crippen LogP contribution is 2.23. The maximum Gasteiger partial charge on any atom is 0.410 e. The lowest BCUT2D eigenvalue weighted by atomic mass is 10.1. The van der Waals surface area contributed by atoms with Gasteiger partial charge in [0.05, 0.1) is 5.76 Å². The van der Waals surface area contributed by atoms with Gasteiger partial charge in [-0.3, -0.25) is 0 Å². The molecule has 1 amide bonds. The summed E-state index contributed by atoms with van der Waals surface area (Å²) in [7, 11) is -1.56. The molecule has 0 aromatic carbocycles. The van der Waals surface area contributed by atoms with Crippen molar-refractivity contribution in [2.24, 2.45) is 0 Å². The van der Waals surface area contributed by atoms with Crippen molar-refractivity contribution in [1.29, 1.82) is 0 Å². The molecule has 4 nitrogen and oxygen atoms in total. The van der Waals surface area contributed by atoms with Crippen molar-refractivity contribution in [3.05, 3.63) is 11.8 Å². The van der Waals surface area contributed by atoms with E-state index in [9.17, 15) is 4.79 Å². The molecule has 0 bridgehead atoms. The van der Waals surface area contributed by atoms with Gasteiger partial charge in [0.25, 0.3) is 0 Å².